The summed E-state index contributed by atoms with van der Waals surface area (Å²) in [7, 11) is 0. The van der Waals surface area contributed by atoms with E-state index in [0.29, 0.717) is 24.0 Å². The molecular formula is C17H32N4O. The van der Waals surface area contributed by atoms with Crippen molar-refractivity contribution >= 4 is 11.5 Å². The van der Waals surface area contributed by atoms with Crippen LogP contribution in [0.1, 0.15) is 78.0 Å². The van der Waals surface area contributed by atoms with E-state index in [4.69, 9.17) is 10.5 Å². The molecule has 3 N–H and O–H groups in total. The fourth-order valence-electron chi connectivity index (χ4n) is 2.04. The number of nitrogens with two attached hydrogens (primary N) is 1. The van der Waals surface area contributed by atoms with Crippen LogP contribution in [-0.2, 0) is 0 Å². The second kappa shape index (κ2) is 10.2. The van der Waals surface area contributed by atoms with E-state index < -0.39 is 0 Å². The van der Waals surface area contributed by atoms with Crippen molar-refractivity contribution in [3.05, 3.63) is 5.82 Å². The Morgan fingerprint density at radius 3 is 2.41 bits per heavy atom. The summed E-state index contributed by atoms with van der Waals surface area (Å²) >= 11 is 0. The predicted molar refractivity (Wildman–Crippen MR) is 93.6 cm³/mol. The maximum absolute atomic E-state index is 6.16. The average molecular weight is 308 g/mol. The van der Waals surface area contributed by atoms with Gasteiger partial charge in [0.1, 0.15) is 11.5 Å². The summed E-state index contributed by atoms with van der Waals surface area (Å²) in [5.74, 6) is 2.25. The van der Waals surface area contributed by atoms with Crippen molar-refractivity contribution in [2.75, 3.05) is 24.2 Å². The molecule has 0 aliphatic carbocycles. The lowest BCUT2D eigenvalue weighted by Crippen LogP contribution is -2.12. The minimum Gasteiger partial charge on any atom is -0.476 e. The fourth-order valence-corrected chi connectivity index (χ4v) is 2.04. The van der Waals surface area contributed by atoms with Gasteiger partial charge in [-0.15, -0.1) is 0 Å². The molecule has 1 heterocycles. The quantitative estimate of drug-likeness (QED) is 0.594. The van der Waals surface area contributed by atoms with Crippen LogP contribution in [0.4, 0.5) is 11.5 Å². The molecule has 0 aliphatic heterocycles. The number of hydrogen-bond donors (Lipinski definition) is 2. The Kier molecular flexibility index (Phi) is 8.63. The van der Waals surface area contributed by atoms with Gasteiger partial charge in [0.2, 0.25) is 5.88 Å². The highest BCUT2D eigenvalue weighted by Crippen LogP contribution is 2.28. The van der Waals surface area contributed by atoms with E-state index in [-0.39, 0.29) is 5.92 Å². The van der Waals surface area contributed by atoms with E-state index >= 15 is 0 Å². The molecule has 1 aromatic rings. The van der Waals surface area contributed by atoms with Crippen molar-refractivity contribution in [2.24, 2.45) is 0 Å². The number of rotatable bonds is 11. The van der Waals surface area contributed by atoms with Gasteiger partial charge in [-0.2, -0.15) is 4.98 Å². The zero-order valence-electron chi connectivity index (χ0n) is 14.6. The molecule has 0 aromatic carbocycles. The standard InChI is InChI=1S/C17H32N4O/c1-5-7-9-10-11-19-16-14(18)17(22-12-8-6-2)21-15(20-16)13(3)4/h13H,5-12,18H2,1-4H3,(H,19,20,21). The van der Waals surface area contributed by atoms with Gasteiger partial charge >= 0.3 is 0 Å². The molecule has 0 fully saturated rings. The molecule has 126 valence electrons. The number of anilines is 2. The highest BCUT2D eigenvalue weighted by Gasteiger charge is 2.14. The number of aromatic nitrogens is 2. The molecule has 0 spiro atoms. The van der Waals surface area contributed by atoms with E-state index in [2.05, 4.69) is 43.0 Å². The monoisotopic (exact) mass is 308 g/mol. The first-order valence-corrected chi connectivity index (χ1v) is 8.64. The van der Waals surface area contributed by atoms with E-state index in [1.165, 1.54) is 19.3 Å². The Morgan fingerprint density at radius 2 is 1.77 bits per heavy atom. The Balaban J connectivity index is 2.75. The summed E-state index contributed by atoms with van der Waals surface area (Å²) in [5.41, 5.74) is 6.69. The van der Waals surface area contributed by atoms with Gasteiger partial charge in [-0.05, 0) is 12.8 Å². The summed E-state index contributed by atoms with van der Waals surface area (Å²) in [6.07, 6.45) is 6.95. The number of nitrogen functional groups attached to an aromatic ring is 1. The molecule has 1 rings (SSSR count). The Hall–Kier alpha value is -1.52. The first kappa shape index (κ1) is 18.5. The topological polar surface area (TPSA) is 73.1 Å². The Labute approximate surface area is 135 Å². The fraction of sp³-hybridized carbons (Fsp3) is 0.765. The Bertz CT molecular complexity index is 435. The number of nitrogens with zero attached hydrogens (tertiary/aromatic N) is 2. The van der Waals surface area contributed by atoms with Gasteiger partial charge in [0.15, 0.2) is 5.82 Å². The van der Waals surface area contributed by atoms with Crippen LogP contribution in [0.5, 0.6) is 5.88 Å². The minimum absolute atomic E-state index is 0.245. The number of hydrogen-bond acceptors (Lipinski definition) is 5. The molecule has 22 heavy (non-hydrogen) atoms. The van der Waals surface area contributed by atoms with E-state index in [1.54, 1.807) is 0 Å². The summed E-state index contributed by atoms with van der Waals surface area (Å²) in [6, 6.07) is 0. The van der Waals surface area contributed by atoms with Crippen LogP contribution in [-0.4, -0.2) is 23.1 Å². The molecule has 0 radical (unpaired) electrons. The third-order valence-electron chi connectivity index (χ3n) is 3.50. The normalized spacial score (nSPS) is 11.0. The second-order valence-corrected chi connectivity index (χ2v) is 5.99. The van der Waals surface area contributed by atoms with E-state index in [9.17, 15) is 0 Å². The molecular weight excluding hydrogens is 276 g/mol. The first-order valence-electron chi connectivity index (χ1n) is 8.64. The molecule has 0 unspecified atom stereocenters. The first-order chi connectivity index (χ1) is 10.6. The minimum atomic E-state index is 0.245. The zero-order valence-corrected chi connectivity index (χ0v) is 14.6. The SMILES string of the molecule is CCCCCCNc1nc(C(C)C)nc(OCCCC)c1N. The zero-order chi connectivity index (χ0) is 16.4. The molecule has 0 amide bonds. The van der Waals surface area contributed by atoms with Crippen molar-refractivity contribution in [3.63, 3.8) is 0 Å². The molecule has 0 aliphatic rings. The van der Waals surface area contributed by atoms with E-state index in [0.717, 1.165) is 31.6 Å². The van der Waals surface area contributed by atoms with Crippen LogP contribution in [0, 0.1) is 0 Å². The van der Waals surface area contributed by atoms with Gasteiger partial charge in [-0.1, -0.05) is 53.4 Å². The van der Waals surface area contributed by atoms with Crippen molar-refractivity contribution in [2.45, 2.75) is 72.1 Å². The van der Waals surface area contributed by atoms with Crippen LogP contribution in [0.3, 0.4) is 0 Å². The van der Waals surface area contributed by atoms with Gasteiger partial charge in [0, 0.05) is 12.5 Å². The molecule has 5 nitrogen and oxygen atoms in total. The second-order valence-electron chi connectivity index (χ2n) is 5.99. The lowest BCUT2D eigenvalue weighted by Gasteiger charge is -2.15. The van der Waals surface area contributed by atoms with Gasteiger partial charge in [-0.25, -0.2) is 4.98 Å². The lowest BCUT2D eigenvalue weighted by atomic mass is 10.2. The average Bonchev–Trinajstić information content (AvgIpc) is 2.50. The Morgan fingerprint density at radius 1 is 1.05 bits per heavy atom. The number of nitrogens with one attached hydrogen (secondary N) is 1. The van der Waals surface area contributed by atoms with E-state index in [1.807, 2.05) is 0 Å². The maximum Gasteiger partial charge on any atom is 0.242 e. The number of unbranched alkanes of at least 4 members (excludes halogenated alkanes) is 4. The summed E-state index contributed by atoms with van der Waals surface area (Å²) in [6.45, 7) is 10.0. The van der Waals surface area contributed by atoms with Crippen LogP contribution in [0.15, 0.2) is 0 Å². The van der Waals surface area contributed by atoms with Gasteiger partial charge < -0.3 is 15.8 Å². The summed E-state index contributed by atoms with van der Waals surface area (Å²) in [5, 5.41) is 3.34. The smallest absolute Gasteiger partial charge is 0.242 e. The van der Waals surface area contributed by atoms with Crippen molar-refractivity contribution in [1.29, 1.82) is 0 Å². The van der Waals surface area contributed by atoms with Crippen LogP contribution in [0.2, 0.25) is 0 Å². The molecule has 5 heteroatoms. The van der Waals surface area contributed by atoms with Crippen LogP contribution >= 0.6 is 0 Å². The van der Waals surface area contributed by atoms with Crippen molar-refractivity contribution in [3.8, 4) is 5.88 Å². The van der Waals surface area contributed by atoms with Crippen molar-refractivity contribution < 1.29 is 4.74 Å². The van der Waals surface area contributed by atoms with Gasteiger partial charge in [0.05, 0.1) is 6.61 Å². The third kappa shape index (κ3) is 6.08. The van der Waals surface area contributed by atoms with Crippen LogP contribution < -0.4 is 15.8 Å². The molecule has 0 saturated carbocycles. The molecule has 1 aromatic heterocycles. The predicted octanol–water partition coefficient (Wildman–Crippen LogP) is 4.35. The number of ether oxygens (including phenoxy) is 1. The summed E-state index contributed by atoms with van der Waals surface area (Å²) in [4.78, 5) is 9.01. The maximum atomic E-state index is 6.16. The molecule has 0 saturated heterocycles. The van der Waals surface area contributed by atoms with Gasteiger partial charge in [-0.3, -0.25) is 0 Å². The summed E-state index contributed by atoms with van der Waals surface area (Å²) < 4.78 is 5.74. The van der Waals surface area contributed by atoms with Crippen LogP contribution in [0.25, 0.3) is 0 Å². The highest BCUT2D eigenvalue weighted by molar-refractivity contribution is 5.67. The lowest BCUT2D eigenvalue weighted by molar-refractivity contribution is 0.298. The van der Waals surface area contributed by atoms with Gasteiger partial charge in [0.25, 0.3) is 0 Å². The van der Waals surface area contributed by atoms with Crippen molar-refractivity contribution in [1.82, 2.24) is 9.97 Å². The molecule has 0 atom stereocenters. The third-order valence-corrected chi connectivity index (χ3v) is 3.50. The largest absolute Gasteiger partial charge is 0.476 e. The molecule has 0 bridgehead atoms. The highest BCUT2D eigenvalue weighted by atomic mass is 16.5.